The zero-order valence-corrected chi connectivity index (χ0v) is 10.9. The molecular formula is C14H20O4. The van der Waals surface area contributed by atoms with E-state index < -0.39 is 6.29 Å². The second-order valence-electron chi connectivity index (χ2n) is 3.78. The van der Waals surface area contributed by atoms with Crippen LogP contribution < -0.4 is 0 Å². The van der Waals surface area contributed by atoms with E-state index in [-0.39, 0.29) is 12.4 Å². The predicted octanol–water partition coefficient (Wildman–Crippen LogP) is 1.80. The predicted molar refractivity (Wildman–Crippen MR) is 68.6 cm³/mol. The fraction of sp³-hybridized carbons (Fsp3) is 0.500. The van der Waals surface area contributed by atoms with Crippen LogP contribution in [-0.4, -0.2) is 37.0 Å². The van der Waals surface area contributed by atoms with E-state index in [0.29, 0.717) is 25.2 Å². The molecule has 0 unspecified atom stereocenters. The Balaban J connectivity index is 2.74. The van der Waals surface area contributed by atoms with Gasteiger partial charge in [-0.15, -0.1) is 0 Å². The minimum atomic E-state index is -0.830. The van der Waals surface area contributed by atoms with Crippen LogP contribution in [0.15, 0.2) is 24.3 Å². The van der Waals surface area contributed by atoms with Crippen molar-refractivity contribution in [1.29, 1.82) is 0 Å². The zero-order chi connectivity index (χ0) is 13.4. The van der Waals surface area contributed by atoms with Gasteiger partial charge in [0.25, 0.3) is 0 Å². The maximum absolute atomic E-state index is 12.1. The van der Waals surface area contributed by atoms with Gasteiger partial charge in [0.15, 0.2) is 0 Å². The van der Waals surface area contributed by atoms with Crippen molar-refractivity contribution in [1.82, 2.24) is 0 Å². The Kier molecular flexibility index (Phi) is 6.57. The van der Waals surface area contributed by atoms with Gasteiger partial charge >= 0.3 is 0 Å². The van der Waals surface area contributed by atoms with E-state index in [0.717, 1.165) is 5.56 Å². The Bertz CT molecular complexity index is 353. The van der Waals surface area contributed by atoms with Crippen molar-refractivity contribution in [3.8, 4) is 0 Å². The number of benzene rings is 1. The van der Waals surface area contributed by atoms with Crippen LogP contribution in [0.1, 0.15) is 29.8 Å². The van der Waals surface area contributed by atoms with Gasteiger partial charge in [0.05, 0.1) is 0 Å². The smallest absolute Gasteiger partial charge is 0.222 e. The topological polar surface area (TPSA) is 55.8 Å². The number of aliphatic hydroxyl groups is 1. The first-order valence-electron chi connectivity index (χ1n) is 6.20. The molecule has 0 atom stereocenters. The summed E-state index contributed by atoms with van der Waals surface area (Å²) in [5.74, 6) is -0.172. The summed E-state index contributed by atoms with van der Waals surface area (Å²) in [6, 6.07) is 7.13. The molecule has 4 heteroatoms. The van der Waals surface area contributed by atoms with Crippen LogP contribution in [0.5, 0.6) is 0 Å². The van der Waals surface area contributed by atoms with E-state index >= 15 is 0 Å². The highest BCUT2D eigenvalue weighted by molar-refractivity contribution is 5.98. The van der Waals surface area contributed by atoms with Crippen molar-refractivity contribution >= 4 is 5.78 Å². The number of ether oxygens (including phenoxy) is 2. The summed E-state index contributed by atoms with van der Waals surface area (Å²) < 4.78 is 10.5. The van der Waals surface area contributed by atoms with E-state index in [1.54, 1.807) is 12.1 Å². The molecule has 0 amide bonds. The molecule has 0 aromatic heterocycles. The molecule has 1 aromatic rings. The molecule has 0 saturated heterocycles. The van der Waals surface area contributed by atoms with Crippen LogP contribution in [0.2, 0.25) is 0 Å². The molecule has 0 aliphatic carbocycles. The van der Waals surface area contributed by atoms with Crippen molar-refractivity contribution in [3.05, 3.63) is 35.4 Å². The van der Waals surface area contributed by atoms with Gasteiger partial charge in [-0.1, -0.05) is 24.3 Å². The van der Waals surface area contributed by atoms with Crippen LogP contribution in [0.3, 0.4) is 0 Å². The SMILES string of the molecule is CCOC(OCC)C(=O)c1ccc(CCO)cc1. The first-order chi connectivity index (χ1) is 8.72. The molecule has 1 rings (SSSR count). The van der Waals surface area contributed by atoms with E-state index in [4.69, 9.17) is 14.6 Å². The van der Waals surface area contributed by atoms with Crippen LogP contribution >= 0.6 is 0 Å². The van der Waals surface area contributed by atoms with Crippen molar-refractivity contribution in [2.75, 3.05) is 19.8 Å². The summed E-state index contributed by atoms with van der Waals surface area (Å²) in [7, 11) is 0. The molecule has 4 nitrogen and oxygen atoms in total. The molecule has 0 bridgehead atoms. The van der Waals surface area contributed by atoms with Gasteiger partial charge in [-0.05, 0) is 25.8 Å². The highest BCUT2D eigenvalue weighted by atomic mass is 16.7. The number of Topliss-reactive ketones (excluding diaryl/α,β-unsaturated/α-hetero) is 1. The molecule has 100 valence electrons. The number of ketones is 1. The van der Waals surface area contributed by atoms with Gasteiger partial charge in [-0.2, -0.15) is 0 Å². The van der Waals surface area contributed by atoms with Crippen molar-refractivity contribution in [3.63, 3.8) is 0 Å². The summed E-state index contributed by atoms with van der Waals surface area (Å²) >= 11 is 0. The number of aliphatic hydroxyl groups excluding tert-OH is 1. The molecule has 0 aliphatic rings. The van der Waals surface area contributed by atoms with E-state index in [1.165, 1.54) is 0 Å². The molecule has 0 saturated carbocycles. The quantitative estimate of drug-likeness (QED) is 0.566. The monoisotopic (exact) mass is 252 g/mol. The van der Waals surface area contributed by atoms with E-state index in [2.05, 4.69) is 0 Å². The fourth-order valence-electron chi connectivity index (χ4n) is 1.60. The second-order valence-corrected chi connectivity index (χ2v) is 3.78. The van der Waals surface area contributed by atoms with Crippen LogP contribution in [0.25, 0.3) is 0 Å². The van der Waals surface area contributed by atoms with Gasteiger partial charge < -0.3 is 14.6 Å². The molecule has 0 fully saturated rings. The highest BCUT2D eigenvalue weighted by Gasteiger charge is 2.20. The molecule has 1 aromatic carbocycles. The lowest BCUT2D eigenvalue weighted by molar-refractivity contribution is -0.107. The second kappa shape index (κ2) is 7.97. The van der Waals surface area contributed by atoms with Crippen LogP contribution in [-0.2, 0) is 15.9 Å². The lowest BCUT2D eigenvalue weighted by atomic mass is 10.1. The summed E-state index contributed by atoms with van der Waals surface area (Å²) in [6.07, 6.45) is -0.238. The van der Waals surface area contributed by atoms with Gasteiger partial charge in [-0.25, -0.2) is 0 Å². The number of hydrogen-bond acceptors (Lipinski definition) is 4. The highest BCUT2D eigenvalue weighted by Crippen LogP contribution is 2.10. The molecule has 18 heavy (non-hydrogen) atoms. The zero-order valence-electron chi connectivity index (χ0n) is 10.9. The Labute approximate surface area is 108 Å². The average molecular weight is 252 g/mol. The third-order valence-electron chi connectivity index (χ3n) is 2.49. The van der Waals surface area contributed by atoms with Crippen molar-refractivity contribution in [2.45, 2.75) is 26.6 Å². The third-order valence-corrected chi connectivity index (χ3v) is 2.49. The number of hydrogen-bond donors (Lipinski definition) is 1. The molecule has 0 heterocycles. The average Bonchev–Trinajstić information content (AvgIpc) is 2.39. The van der Waals surface area contributed by atoms with E-state index in [1.807, 2.05) is 26.0 Å². The maximum Gasteiger partial charge on any atom is 0.222 e. The fourth-order valence-corrected chi connectivity index (χ4v) is 1.60. The number of carbonyl (C=O) groups is 1. The first-order valence-corrected chi connectivity index (χ1v) is 6.20. The first kappa shape index (κ1) is 14.8. The summed E-state index contributed by atoms with van der Waals surface area (Å²) in [4.78, 5) is 12.1. The van der Waals surface area contributed by atoms with Crippen molar-refractivity contribution in [2.24, 2.45) is 0 Å². The lowest BCUT2D eigenvalue weighted by Crippen LogP contribution is -2.27. The third kappa shape index (κ3) is 4.22. The molecular weight excluding hydrogens is 232 g/mol. The Morgan fingerprint density at radius 3 is 2.17 bits per heavy atom. The maximum atomic E-state index is 12.1. The standard InChI is InChI=1S/C14H20O4/c1-3-17-14(18-4-2)13(16)12-7-5-11(6-8-12)9-10-15/h5-8,14-15H,3-4,9-10H2,1-2H3. The minimum Gasteiger partial charge on any atom is -0.396 e. The van der Waals surface area contributed by atoms with Gasteiger partial charge in [0.2, 0.25) is 12.1 Å². The Morgan fingerprint density at radius 1 is 1.17 bits per heavy atom. The Morgan fingerprint density at radius 2 is 1.72 bits per heavy atom. The van der Waals surface area contributed by atoms with Gasteiger partial charge in [-0.3, -0.25) is 4.79 Å². The number of rotatable bonds is 8. The molecule has 0 aliphatic heterocycles. The molecule has 0 spiro atoms. The van der Waals surface area contributed by atoms with Crippen LogP contribution in [0.4, 0.5) is 0 Å². The van der Waals surface area contributed by atoms with Gasteiger partial charge in [0.1, 0.15) is 0 Å². The minimum absolute atomic E-state index is 0.105. The Hall–Kier alpha value is -1.23. The molecule has 0 radical (unpaired) electrons. The summed E-state index contributed by atoms with van der Waals surface area (Å²) in [6.45, 7) is 4.61. The van der Waals surface area contributed by atoms with Gasteiger partial charge in [0, 0.05) is 25.4 Å². The van der Waals surface area contributed by atoms with Crippen molar-refractivity contribution < 1.29 is 19.4 Å². The molecule has 1 N–H and O–H groups in total. The van der Waals surface area contributed by atoms with E-state index in [9.17, 15) is 4.79 Å². The normalized spacial score (nSPS) is 10.9. The summed E-state index contributed by atoms with van der Waals surface area (Å²) in [5, 5.41) is 8.82. The number of carbonyl (C=O) groups excluding carboxylic acids is 1. The summed E-state index contributed by atoms with van der Waals surface area (Å²) in [5.41, 5.74) is 1.56. The lowest BCUT2D eigenvalue weighted by Gasteiger charge is -2.15. The van der Waals surface area contributed by atoms with Crippen LogP contribution in [0, 0.1) is 0 Å². The largest absolute Gasteiger partial charge is 0.396 e.